The van der Waals surface area contributed by atoms with Crippen LogP contribution in [0.5, 0.6) is 0 Å². The van der Waals surface area contributed by atoms with Crippen LogP contribution in [0.3, 0.4) is 0 Å². The molecule has 1 heteroatoms. The zero-order valence-corrected chi connectivity index (χ0v) is 16.4. The quantitative estimate of drug-likeness (QED) is 0.376. The lowest BCUT2D eigenvalue weighted by Gasteiger charge is -2.19. The zero-order chi connectivity index (χ0) is 19.4. The van der Waals surface area contributed by atoms with Gasteiger partial charge in [0.1, 0.15) is 0 Å². The molecule has 0 aromatic heterocycles. The molecule has 0 saturated carbocycles. The van der Waals surface area contributed by atoms with Gasteiger partial charge in [-0.05, 0) is 92.2 Å². The van der Waals surface area contributed by atoms with Crippen molar-refractivity contribution in [3.8, 4) is 22.3 Å². The van der Waals surface area contributed by atoms with Crippen LogP contribution in [-0.2, 0) is 19.4 Å². The third-order valence-electron chi connectivity index (χ3n) is 6.57. The zero-order valence-electron chi connectivity index (χ0n) is 16.4. The first-order valence-corrected chi connectivity index (χ1v) is 10.5. The fraction of sp³-hybridized carbons (Fsp3) is 0.143. The number of hydrogen-bond donors (Lipinski definition) is 1. The largest absolute Gasteiger partial charge is 0.326 e. The van der Waals surface area contributed by atoms with E-state index < -0.39 is 0 Å². The van der Waals surface area contributed by atoms with Crippen molar-refractivity contribution in [3.05, 3.63) is 101 Å². The molecule has 140 valence electrons. The fourth-order valence-electron chi connectivity index (χ4n) is 5.22. The Morgan fingerprint density at radius 3 is 2.69 bits per heavy atom. The minimum absolute atomic E-state index is 0.584. The number of benzene rings is 4. The van der Waals surface area contributed by atoms with E-state index in [-0.39, 0.29) is 0 Å². The van der Waals surface area contributed by atoms with Gasteiger partial charge in [-0.1, -0.05) is 66.7 Å². The Kier molecular flexibility index (Phi) is 3.72. The molecule has 0 spiro atoms. The number of rotatable bonds is 2. The van der Waals surface area contributed by atoms with E-state index in [1.165, 1.54) is 60.8 Å². The number of nitrogens with two attached hydrogens (primary N) is 1. The summed E-state index contributed by atoms with van der Waals surface area (Å²) >= 11 is 0. The average Bonchev–Trinajstić information content (AvgIpc) is 3.16. The second-order valence-electron chi connectivity index (χ2n) is 8.18. The topological polar surface area (TPSA) is 26.0 Å². The molecule has 0 fully saturated rings. The van der Waals surface area contributed by atoms with Gasteiger partial charge in [0.05, 0.1) is 0 Å². The van der Waals surface area contributed by atoms with Crippen LogP contribution in [0.25, 0.3) is 39.1 Å². The molecule has 6 rings (SSSR count). The summed E-state index contributed by atoms with van der Waals surface area (Å²) in [6.45, 7) is 0.584. The summed E-state index contributed by atoms with van der Waals surface area (Å²) in [5.74, 6) is 0. The van der Waals surface area contributed by atoms with Crippen LogP contribution >= 0.6 is 0 Å². The van der Waals surface area contributed by atoms with E-state index in [2.05, 4.69) is 78.9 Å². The number of fused-ring (bicyclic) bond motifs is 6. The molecule has 2 aliphatic rings. The molecule has 0 heterocycles. The Morgan fingerprint density at radius 1 is 0.828 bits per heavy atom. The highest BCUT2D eigenvalue weighted by atomic mass is 14.5. The molecule has 0 bridgehead atoms. The van der Waals surface area contributed by atoms with Crippen LogP contribution in [0.4, 0.5) is 0 Å². The highest BCUT2D eigenvalue weighted by Gasteiger charge is 2.22. The van der Waals surface area contributed by atoms with Gasteiger partial charge in [0, 0.05) is 6.54 Å². The first kappa shape index (κ1) is 16.8. The van der Waals surface area contributed by atoms with Crippen molar-refractivity contribution < 1.29 is 0 Å². The summed E-state index contributed by atoms with van der Waals surface area (Å²) < 4.78 is 0. The van der Waals surface area contributed by atoms with Crippen molar-refractivity contribution in [3.63, 3.8) is 0 Å². The number of aryl methyl sites for hydroxylation is 1. The summed E-state index contributed by atoms with van der Waals surface area (Å²) in [6.07, 6.45) is 7.89. The summed E-state index contributed by atoms with van der Waals surface area (Å²) in [4.78, 5) is 0. The van der Waals surface area contributed by atoms with E-state index in [4.69, 9.17) is 5.73 Å². The summed E-state index contributed by atoms with van der Waals surface area (Å²) in [7, 11) is 0. The highest BCUT2D eigenvalue weighted by Crippen LogP contribution is 2.43. The smallest absolute Gasteiger partial charge is 0.0184 e. The van der Waals surface area contributed by atoms with Gasteiger partial charge < -0.3 is 5.73 Å². The van der Waals surface area contributed by atoms with Gasteiger partial charge in [-0.25, -0.2) is 0 Å². The molecular formula is C28H23N. The standard InChI is InChI=1S/C28H23N/c29-17-22-8-5-7-21-14-19-12-13-20(16-27(19)28(21)22)26-15-18-6-1-2-9-23(18)24-10-3-4-11-25(24)26/h1-2,4-9,11-13,15-16H,3,10,14,17,29H2. The van der Waals surface area contributed by atoms with Crippen LogP contribution in [-0.4, -0.2) is 0 Å². The first-order valence-electron chi connectivity index (χ1n) is 10.5. The maximum Gasteiger partial charge on any atom is 0.0184 e. The monoisotopic (exact) mass is 373 g/mol. The molecule has 0 radical (unpaired) electrons. The second-order valence-corrected chi connectivity index (χ2v) is 8.18. The fourth-order valence-corrected chi connectivity index (χ4v) is 5.22. The van der Waals surface area contributed by atoms with E-state index >= 15 is 0 Å². The van der Waals surface area contributed by atoms with Crippen molar-refractivity contribution in [2.24, 2.45) is 5.73 Å². The normalized spacial score (nSPS) is 14.0. The third-order valence-corrected chi connectivity index (χ3v) is 6.57. The minimum Gasteiger partial charge on any atom is -0.326 e. The minimum atomic E-state index is 0.584. The number of hydrogen-bond acceptors (Lipinski definition) is 1. The molecule has 4 aromatic rings. The summed E-state index contributed by atoms with van der Waals surface area (Å²) in [6, 6.07) is 24.7. The Labute approximate surface area is 171 Å². The molecule has 4 aromatic carbocycles. The van der Waals surface area contributed by atoms with Gasteiger partial charge in [-0.3, -0.25) is 0 Å². The molecule has 2 N–H and O–H groups in total. The van der Waals surface area contributed by atoms with Gasteiger partial charge in [0.15, 0.2) is 0 Å². The molecule has 1 nitrogen and oxygen atoms in total. The van der Waals surface area contributed by atoms with Crippen molar-refractivity contribution in [1.82, 2.24) is 0 Å². The molecule has 0 atom stereocenters. The molecule has 29 heavy (non-hydrogen) atoms. The third kappa shape index (κ3) is 2.51. The van der Waals surface area contributed by atoms with Crippen LogP contribution in [0.2, 0.25) is 0 Å². The van der Waals surface area contributed by atoms with Gasteiger partial charge in [-0.2, -0.15) is 0 Å². The SMILES string of the molecule is NCc1cccc2c1-c1cc(-c3cc4ccccc4c4c3C=CCC4)ccc1C2. The van der Waals surface area contributed by atoms with Crippen LogP contribution in [0, 0.1) is 0 Å². The van der Waals surface area contributed by atoms with Crippen LogP contribution in [0.15, 0.2) is 72.8 Å². The molecule has 0 amide bonds. The predicted molar refractivity (Wildman–Crippen MR) is 123 cm³/mol. The van der Waals surface area contributed by atoms with Crippen molar-refractivity contribution in [1.29, 1.82) is 0 Å². The van der Waals surface area contributed by atoms with Gasteiger partial charge >= 0.3 is 0 Å². The second kappa shape index (κ2) is 6.43. The summed E-state index contributed by atoms with van der Waals surface area (Å²) in [5.41, 5.74) is 18.4. The Balaban J connectivity index is 1.61. The van der Waals surface area contributed by atoms with Crippen LogP contribution < -0.4 is 5.73 Å². The highest BCUT2D eigenvalue weighted by molar-refractivity contribution is 5.97. The van der Waals surface area contributed by atoms with Gasteiger partial charge in [-0.15, -0.1) is 0 Å². The van der Waals surface area contributed by atoms with E-state index in [0.29, 0.717) is 6.54 Å². The first-order chi connectivity index (χ1) is 14.3. The molecule has 0 unspecified atom stereocenters. The van der Waals surface area contributed by atoms with Crippen molar-refractivity contribution in [2.75, 3.05) is 0 Å². The van der Waals surface area contributed by atoms with Crippen molar-refractivity contribution in [2.45, 2.75) is 25.8 Å². The molecular weight excluding hydrogens is 350 g/mol. The molecule has 2 aliphatic carbocycles. The van der Waals surface area contributed by atoms with Gasteiger partial charge in [0.25, 0.3) is 0 Å². The van der Waals surface area contributed by atoms with E-state index in [1.54, 1.807) is 0 Å². The molecule has 0 aliphatic heterocycles. The Morgan fingerprint density at radius 2 is 1.76 bits per heavy atom. The van der Waals surface area contributed by atoms with Crippen LogP contribution in [0.1, 0.15) is 34.2 Å². The Hall–Kier alpha value is -3.16. The summed E-state index contributed by atoms with van der Waals surface area (Å²) in [5, 5.41) is 2.73. The van der Waals surface area contributed by atoms with E-state index in [1.807, 2.05) is 0 Å². The maximum atomic E-state index is 6.07. The predicted octanol–water partition coefficient (Wildman–Crippen LogP) is 6.50. The lowest BCUT2D eigenvalue weighted by Crippen LogP contribution is -2.00. The lowest BCUT2D eigenvalue weighted by atomic mass is 9.85. The lowest BCUT2D eigenvalue weighted by molar-refractivity contribution is 0.998. The maximum absolute atomic E-state index is 6.07. The van der Waals surface area contributed by atoms with E-state index in [0.717, 1.165) is 19.3 Å². The Bertz CT molecular complexity index is 1310. The molecule has 0 saturated heterocycles. The van der Waals surface area contributed by atoms with Gasteiger partial charge in [0.2, 0.25) is 0 Å². The average molecular weight is 373 g/mol. The van der Waals surface area contributed by atoms with Crippen molar-refractivity contribution >= 4 is 16.8 Å². The van der Waals surface area contributed by atoms with E-state index in [9.17, 15) is 0 Å². The number of allylic oxidation sites excluding steroid dienone is 1.